The molecule has 32 heavy (non-hydrogen) atoms. The zero-order chi connectivity index (χ0) is 23.2. The van der Waals surface area contributed by atoms with Crippen LogP contribution in [0.4, 0.5) is 8.78 Å². The number of rotatable bonds is 7. The van der Waals surface area contributed by atoms with Crippen LogP contribution < -0.4 is 0 Å². The van der Waals surface area contributed by atoms with Gasteiger partial charge in [0.05, 0.1) is 30.3 Å². The largest absolute Gasteiger partial charge is 0.481 e. The maximum Gasteiger partial charge on any atom is 0.306 e. The molecule has 2 N–H and O–H groups in total. The molecule has 168 valence electrons. The molecule has 2 aromatic heterocycles. The molecule has 2 heterocycles. The van der Waals surface area contributed by atoms with E-state index >= 15 is 4.39 Å². The Morgan fingerprint density at radius 3 is 2.72 bits per heavy atom. The van der Waals surface area contributed by atoms with Crippen molar-refractivity contribution in [1.29, 1.82) is 0 Å². The van der Waals surface area contributed by atoms with Gasteiger partial charge in [-0.3, -0.25) is 9.89 Å². The first-order valence-electron chi connectivity index (χ1n) is 10.3. The molecule has 6 nitrogen and oxygen atoms in total. The number of hydrogen-bond acceptors (Lipinski definition) is 3. The van der Waals surface area contributed by atoms with Gasteiger partial charge in [-0.05, 0) is 42.8 Å². The third-order valence-corrected chi connectivity index (χ3v) is 5.78. The summed E-state index contributed by atoms with van der Waals surface area (Å²) in [5.41, 5.74) is 2.72. The first kappa shape index (κ1) is 22.0. The van der Waals surface area contributed by atoms with Crippen molar-refractivity contribution >= 4 is 27.8 Å². The lowest BCUT2D eigenvalue weighted by Gasteiger charge is -2.29. The Morgan fingerprint density at radius 1 is 1.31 bits per heavy atom. The SMILES string of the molecule is COCC(C)(C)c1c([C@H](F)CC(=O)O)c2cc3[nH]ncc3cc2n1-c1ccc(F)c(C)c1. The lowest BCUT2D eigenvalue weighted by molar-refractivity contribution is -0.138. The Labute approximate surface area is 183 Å². The summed E-state index contributed by atoms with van der Waals surface area (Å²) in [4.78, 5) is 11.4. The highest BCUT2D eigenvalue weighted by Crippen LogP contribution is 2.43. The van der Waals surface area contributed by atoms with Gasteiger partial charge < -0.3 is 14.4 Å². The summed E-state index contributed by atoms with van der Waals surface area (Å²) in [5.74, 6) is -1.57. The number of aryl methyl sites for hydroxylation is 1. The smallest absolute Gasteiger partial charge is 0.306 e. The second-order valence-corrected chi connectivity index (χ2v) is 8.74. The number of benzene rings is 2. The molecular formula is C24H25F2N3O3. The van der Waals surface area contributed by atoms with Crippen LogP contribution in [-0.4, -0.2) is 39.6 Å². The number of nitrogens with zero attached hydrogens (tertiary/aromatic N) is 2. The lowest BCUT2D eigenvalue weighted by atomic mass is 9.85. The van der Waals surface area contributed by atoms with Crippen LogP contribution >= 0.6 is 0 Å². The van der Waals surface area contributed by atoms with Crippen molar-refractivity contribution in [3.8, 4) is 5.69 Å². The van der Waals surface area contributed by atoms with E-state index in [9.17, 15) is 14.3 Å². The van der Waals surface area contributed by atoms with Gasteiger partial charge >= 0.3 is 5.97 Å². The van der Waals surface area contributed by atoms with Crippen molar-refractivity contribution in [1.82, 2.24) is 14.8 Å². The standard InChI is InChI=1S/C24H25F2N3O3/c1-13-7-15(5-6-17(13)25)29-20-8-14-11-27-28-19(14)9-16(20)22(18(26)10-21(30)31)23(29)24(2,3)12-32-4/h5-9,11,18H,10,12H2,1-4H3,(H,27,28)(H,30,31)/t18-/m1/s1. The van der Waals surface area contributed by atoms with E-state index in [2.05, 4.69) is 10.2 Å². The number of carbonyl (C=O) groups is 1. The molecule has 0 saturated carbocycles. The van der Waals surface area contributed by atoms with Crippen LogP contribution in [0.25, 0.3) is 27.5 Å². The fourth-order valence-corrected chi connectivity index (χ4v) is 4.45. The number of hydrogen-bond donors (Lipinski definition) is 2. The molecule has 1 atom stereocenters. The molecule has 0 bridgehead atoms. The molecule has 0 aliphatic carbocycles. The maximum atomic E-state index is 15.6. The van der Waals surface area contributed by atoms with Gasteiger partial charge in [0.2, 0.25) is 0 Å². The molecule has 0 unspecified atom stereocenters. The molecule has 0 aliphatic rings. The number of aromatic amines is 1. The molecule has 2 aromatic carbocycles. The van der Waals surface area contributed by atoms with E-state index in [0.717, 1.165) is 5.39 Å². The molecule has 0 radical (unpaired) electrons. The van der Waals surface area contributed by atoms with Gasteiger partial charge in [0.1, 0.15) is 12.0 Å². The van der Waals surface area contributed by atoms with Crippen molar-refractivity contribution in [3.05, 3.63) is 59.2 Å². The number of fused-ring (bicyclic) bond motifs is 2. The first-order valence-corrected chi connectivity index (χ1v) is 10.3. The van der Waals surface area contributed by atoms with Crippen molar-refractivity contribution in [2.75, 3.05) is 13.7 Å². The summed E-state index contributed by atoms with van der Waals surface area (Å²) < 4.78 is 37.0. The third kappa shape index (κ3) is 3.64. The summed E-state index contributed by atoms with van der Waals surface area (Å²) in [6, 6.07) is 8.40. The average Bonchev–Trinajstić information content (AvgIpc) is 3.29. The van der Waals surface area contributed by atoms with E-state index in [1.807, 2.05) is 24.5 Å². The lowest BCUT2D eigenvalue weighted by Crippen LogP contribution is -2.28. The van der Waals surface area contributed by atoms with Gasteiger partial charge in [-0.15, -0.1) is 0 Å². The number of halogens is 2. The number of carboxylic acid groups (broad SMARTS) is 1. The first-order chi connectivity index (χ1) is 15.1. The molecular weight excluding hydrogens is 416 g/mol. The summed E-state index contributed by atoms with van der Waals surface area (Å²) >= 11 is 0. The van der Waals surface area contributed by atoms with Crippen LogP contribution in [0.2, 0.25) is 0 Å². The van der Waals surface area contributed by atoms with Gasteiger partial charge in [0.25, 0.3) is 0 Å². The topological polar surface area (TPSA) is 80.1 Å². The number of carboxylic acids is 1. The van der Waals surface area contributed by atoms with E-state index in [1.54, 1.807) is 38.4 Å². The average molecular weight is 441 g/mol. The van der Waals surface area contributed by atoms with Gasteiger partial charge in [0, 0.05) is 40.2 Å². The van der Waals surface area contributed by atoms with Crippen molar-refractivity contribution < 1.29 is 23.4 Å². The monoisotopic (exact) mass is 441 g/mol. The zero-order valence-corrected chi connectivity index (χ0v) is 18.4. The summed E-state index contributed by atoms with van der Waals surface area (Å²) in [6.45, 7) is 5.78. The van der Waals surface area contributed by atoms with Crippen molar-refractivity contribution in [2.45, 2.75) is 38.8 Å². The molecule has 8 heteroatoms. The van der Waals surface area contributed by atoms with E-state index < -0.39 is 24.0 Å². The Morgan fingerprint density at radius 2 is 2.06 bits per heavy atom. The molecule has 0 aliphatic heterocycles. The van der Waals surface area contributed by atoms with Gasteiger partial charge in [-0.25, -0.2) is 8.78 Å². The van der Waals surface area contributed by atoms with Crippen LogP contribution in [0.15, 0.2) is 36.5 Å². The van der Waals surface area contributed by atoms with Gasteiger partial charge in [0.15, 0.2) is 0 Å². The highest BCUT2D eigenvalue weighted by molar-refractivity contribution is 5.99. The fourth-order valence-electron chi connectivity index (χ4n) is 4.45. The van der Waals surface area contributed by atoms with Crippen LogP contribution in [0.3, 0.4) is 0 Å². The summed E-state index contributed by atoms with van der Waals surface area (Å²) in [6.07, 6.45) is -0.742. The normalized spacial score (nSPS) is 13.2. The molecule has 4 rings (SSSR count). The molecule has 0 spiro atoms. The molecule has 4 aromatic rings. The van der Waals surface area contributed by atoms with E-state index in [-0.39, 0.29) is 12.4 Å². The van der Waals surface area contributed by atoms with Crippen molar-refractivity contribution in [2.24, 2.45) is 0 Å². The number of methoxy groups -OCH3 is 1. The van der Waals surface area contributed by atoms with Gasteiger partial charge in [-0.2, -0.15) is 5.10 Å². The predicted molar refractivity (Wildman–Crippen MR) is 119 cm³/mol. The number of aromatic nitrogens is 3. The second-order valence-electron chi connectivity index (χ2n) is 8.74. The zero-order valence-electron chi connectivity index (χ0n) is 18.4. The molecule has 0 amide bonds. The number of H-pyrrole nitrogens is 1. The second kappa shape index (κ2) is 8.02. The van der Waals surface area contributed by atoms with E-state index in [0.29, 0.717) is 38.9 Å². The number of alkyl halides is 1. The Bertz CT molecular complexity index is 1320. The Hall–Kier alpha value is -3.26. The van der Waals surface area contributed by atoms with Crippen LogP contribution in [0.1, 0.15) is 43.3 Å². The van der Waals surface area contributed by atoms with Crippen LogP contribution in [0.5, 0.6) is 0 Å². The molecule has 0 fully saturated rings. The highest BCUT2D eigenvalue weighted by Gasteiger charge is 2.35. The minimum atomic E-state index is -1.75. The van der Waals surface area contributed by atoms with Crippen LogP contribution in [0, 0.1) is 12.7 Å². The minimum absolute atomic E-state index is 0.274. The summed E-state index contributed by atoms with van der Waals surface area (Å²) in [7, 11) is 1.57. The Balaban J connectivity index is 2.17. The van der Waals surface area contributed by atoms with Crippen LogP contribution in [-0.2, 0) is 14.9 Å². The van der Waals surface area contributed by atoms with E-state index in [4.69, 9.17) is 4.74 Å². The number of aliphatic carboxylic acids is 1. The highest BCUT2D eigenvalue weighted by atomic mass is 19.1. The minimum Gasteiger partial charge on any atom is -0.481 e. The third-order valence-electron chi connectivity index (χ3n) is 5.78. The summed E-state index contributed by atoms with van der Waals surface area (Å²) in [5, 5.41) is 17.7. The number of ether oxygens (including phenoxy) is 1. The Kier molecular flexibility index (Phi) is 5.50. The molecule has 0 saturated heterocycles. The number of nitrogens with one attached hydrogen (secondary N) is 1. The fraction of sp³-hybridized carbons (Fsp3) is 0.333. The quantitative estimate of drug-likeness (QED) is 0.404. The maximum absolute atomic E-state index is 15.6. The predicted octanol–water partition coefficient (Wildman–Crippen LogP) is 5.36. The van der Waals surface area contributed by atoms with Gasteiger partial charge in [-0.1, -0.05) is 13.8 Å². The van der Waals surface area contributed by atoms with Crippen molar-refractivity contribution in [3.63, 3.8) is 0 Å². The van der Waals surface area contributed by atoms with E-state index in [1.165, 1.54) is 6.07 Å².